The van der Waals surface area contributed by atoms with E-state index in [1.165, 1.54) is 0 Å². The number of rotatable bonds is 4. The van der Waals surface area contributed by atoms with Gasteiger partial charge in [-0.25, -0.2) is 0 Å². The quantitative estimate of drug-likeness (QED) is 0.772. The Bertz CT molecular complexity index is 526. The van der Waals surface area contributed by atoms with Gasteiger partial charge in [0.2, 0.25) is 0 Å². The Balaban J connectivity index is 3.03. The standard InChI is InChI=1S/C14H17ClINO3/c1-14(2,3)17(7-6-12(18)19)13(20)9-4-5-11(16)10(15)8-9/h4-5,8H,6-7H2,1-3H3,(H,18,19). The minimum atomic E-state index is -0.923. The molecule has 0 unspecified atom stereocenters. The van der Waals surface area contributed by atoms with Crippen molar-refractivity contribution in [2.75, 3.05) is 6.54 Å². The van der Waals surface area contributed by atoms with E-state index in [1.807, 2.05) is 20.8 Å². The summed E-state index contributed by atoms with van der Waals surface area (Å²) in [4.78, 5) is 24.8. The Morgan fingerprint density at radius 1 is 1.35 bits per heavy atom. The average Bonchev–Trinajstić information content (AvgIpc) is 2.30. The Morgan fingerprint density at radius 3 is 2.40 bits per heavy atom. The number of nitrogens with zero attached hydrogens (tertiary/aromatic N) is 1. The summed E-state index contributed by atoms with van der Waals surface area (Å²) in [5.41, 5.74) is 0.0119. The van der Waals surface area contributed by atoms with E-state index in [4.69, 9.17) is 16.7 Å². The fourth-order valence-corrected chi connectivity index (χ4v) is 2.25. The summed E-state index contributed by atoms with van der Waals surface area (Å²) < 4.78 is 0.869. The van der Waals surface area contributed by atoms with Gasteiger partial charge >= 0.3 is 5.97 Å². The molecule has 1 amide bonds. The number of hydrogen-bond acceptors (Lipinski definition) is 2. The van der Waals surface area contributed by atoms with Gasteiger partial charge in [0.1, 0.15) is 0 Å². The zero-order chi connectivity index (χ0) is 15.5. The van der Waals surface area contributed by atoms with Crippen molar-refractivity contribution in [1.29, 1.82) is 0 Å². The van der Waals surface area contributed by atoms with E-state index < -0.39 is 11.5 Å². The molecule has 0 bridgehead atoms. The molecule has 20 heavy (non-hydrogen) atoms. The van der Waals surface area contributed by atoms with Crippen LogP contribution in [0.2, 0.25) is 5.02 Å². The van der Waals surface area contributed by atoms with E-state index in [-0.39, 0.29) is 18.9 Å². The molecule has 0 aromatic heterocycles. The van der Waals surface area contributed by atoms with E-state index in [1.54, 1.807) is 23.1 Å². The molecule has 0 aliphatic carbocycles. The molecule has 6 heteroatoms. The average molecular weight is 410 g/mol. The first-order valence-electron chi connectivity index (χ1n) is 6.11. The lowest BCUT2D eigenvalue weighted by molar-refractivity contribution is -0.137. The van der Waals surface area contributed by atoms with Crippen LogP contribution in [0.25, 0.3) is 0 Å². The number of hydrogen-bond donors (Lipinski definition) is 1. The molecule has 110 valence electrons. The van der Waals surface area contributed by atoms with E-state index in [9.17, 15) is 9.59 Å². The zero-order valence-electron chi connectivity index (χ0n) is 11.6. The van der Waals surface area contributed by atoms with Crippen LogP contribution in [0, 0.1) is 3.57 Å². The number of aliphatic carboxylic acids is 1. The maximum atomic E-state index is 12.5. The van der Waals surface area contributed by atoms with Gasteiger partial charge in [-0.05, 0) is 61.6 Å². The predicted octanol–water partition coefficient (Wildman–Crippen LogP) is 3.66. The predicted molar refractivity (Wildman–Crippen MR) is 87.2 cm³/mol. The molecule has 0 radical (unpaired) electrons. The number of carbonyl (C=O) groups is 2. The number of carbonyl (C=O) groups excluding carboxylic acids is 1. The Hall–Kier alpha value is -0.820. The third kappa shape index (κ3) is 4.63. The van der Waals surface area contributed by atoms with Crippen LogP contribution < -0.4 is 0 Å². The number of amides is 1. The third-order valence-corrected chi connectivity index (χ3v) is 4.34. The van der Waals surface area contributed by atoms with Crippen molar-refractivity contribution in [3.05, 3.63) is 32.4 Å². The van der Waals surface area contributed by atoms with Gasteiger partial charge < -0.3 is 10.0 Å². The van der Waals surface area contributed by atoms with Crippen molar-refractivity contribution in [3.63, 3.8) is 0 Å². The maximum Gasteiger partial charge on any atom is 0.305 e. The second kappa shape index (κ2) is 6.76. The largest absolute Gasteiger partial charge is 0.481 e. The van der Waals surface area contributed by atoms with Crippen molar-refractivity contribution in [1.82, 2.24) is 4.90 Å². The fraction of sp³-hybridized carbons (Fsp3) is 0.429. The van der Waals surface area contributed by atoms with Crippen LogP contribution in [0.3, 0.4) is 0 Å². The zero-order valence-corrected chi connectivity index (χ0v) is 14.5. The molecule has 1 aromatic rings. The van der Waals surface area contributed by atoms with Crippen molar-refractivity contribution in [3.8, 4) is 0 Å². The topological polar surface area (TPSA) is 57.6 Å². The maximum absolute atomic E-state index is 12.5. The third-order valence-electron chi connectivity index (χ3n) is 2.77. The summed E-state index contributed by atoms with van der Waals surface area (Å²) in [5.74, 6) is -1.13. The SMILES string of the molecule is CC(C)(C)N(CCC(=O)O)C(=O)c1ccc(I)c(Cl)c1. The van der Waals surface area contributed by atoms with Crippen LogP contribution in [0.15, 0.2) is 18.2 Å². The summed E-state index contributed by atoms with van der Waals surface area (Å²) in [5, 5.41) is 9.32. The van der Waals surface area contributed by atoms with Crippen LogP contribution in [-0.2, 0) is 4.79 Å². The van der Waals surface area contributed by atoms with Crippen LogP contribution in [-0.4, -0.2) is 34.0 Å². The van der Waals surface area contributed by atoms with Crippen LogP contribution in [0.5, 0.6) is 0 Å². The normalized spacial score (nSPS) is 11.2. The molecule has 0 aliphatic rings. The highest BCUT2D eigenvalue weighted by Gasteiger charge is 2.27. The van der Waals surface area contributed by atoms with Crippen molar-refractivity contribution < 1.29 is 14.7 Å². The highest BCUT2D eigenvalue weighted by atomic mass is 127. The lowest BCUT2D eigenvalue weighted by Crippen LogP contribution is -2.46. The van der Waals surface area contributed by atoms with Gasteiger partial charge in [-0.15, -0.1) is 0 Å². The van der Waals surface area contributed by atoms with E-state index in [0.29, 0.717) is 10.6 Å². The highest BCUT2D eigenvalue weighted by molar-refractivity contribution is 14.1. The molecular formula is C14H17ClINO3. The Morgan fingerprint density at radius 2 is 1.95 bits per heavy atom. The lowest BCUT2D eigenvalue weighted by Gasteiger charge is -2.35. The molecule has 0 spiro atoms. The lowest BCUT2D eigenvalue weighted by atomic mass is 10.0. The summed E-state index contributed by atoms with van der Waals surface area (Å²) >= 11 is 8.12. The summed E-state index contributed by atoms with van der Waals surface area (Å²) in [6.07, 6.45) is -0.0822. The second-order valence-corrected chi connectivity index (χ2v) is 6.97. The molecule has 1 aromatic carbocycles. The monoisotopic (exact) mass is 409 g/mol. The first kappa shape index (κ1) is 17.2. The van der Waals surface area contributed by atoms with E-state index >= 15 is 0 Å². The Labute approximate surface area is 137 Å². The molecule has 0 saturated heterocycles. The molecule has 1 rings (SSSR count). The molecule has 4 nitrogen and oxygen atoms in total. The van der Waals surface area contributed by atoms with Gasteiger partial charge in [-0.3, -0.25) is 9.59 Å². The summed E-state index contributed by atoms with van der Waals surface area (Å²) in [7, 11) is 0. The van der Waals surface area contributed by atoms with Crippen molar-refractivity contribution in [2.45, 2.75) is 32.7 Å². The molecule has 1 N–H and O–H groups in total. The van der Waals surface area contributed by atoms with E-state index in [0.717, 1.165) is 3.57 Å². The minimum absolute atomic E-state index is 0.0822. The molecule has 0 atom stereocenters. The van der Waals surface area contributed by atoms with Gasteiger partial charge in [-0.1, -0.05) is 11.6 Å². The number of carboxylic acid groups (broad SMARTS) is 1. The number of benzene rings is 1. The minimum Gasteiger partial charge on any atom is -0.481 e. The molecule has 0 aliphatic heterocycles. The van der Waals surface area contributed by atoms with Gasteiger partial charge in [0.25, 0.3) is 5.91 Å². The molecule has 0 saturated carbocycles. The van der Waals surface area contributed by atoms with Crippen LogP contribution >= 0.6 is 34.2 Å². The van der Waals surface area contributed by atoms with Gasteiger partial charge in [0, 0.05) is 21.2 Å². The molecular weight excluding hydrogens is 393 g/mol. The summed E-state index contributed by atoms with van der Waals surface area (Å²) in [6.45, 7) is 5.80. The first-order valence-corrected chi connectivity index (χ1v) is 7.57. The van der Waals surface area contributed by atoms with Crippen LogP contribution in [0.1, 0.15) is 37.6 Å². The van der Waals surface area contributed by atoms with Gasteiger partial charge in [0.05, 0.1) is 11.4 Å². The first-order chi connectivity index (χ1) is 9.12. The Kier molecular flexibility index (Phi) is 5.82. The van der Waals surface area contributed by atoms with E-state index in [2.05, 4.69) is 22.6 Å². The molecule has 0 heterocycles. The van der Waals surface area contributed by atoms with Crippen LogP contribution in [0.4, 0.5) is 0 Å². The summed E-state index contributed by atoms with van der Waals surface area (Å²) in [6, 6.07) is 5.09. The van der Waals surface area contributed by atoms with Crippen molar-refractivity contribution in [2.24, 2.45) is 0 Å². The highest BCUT2D eigenvalue weighted by Crippen LogP contribution is 2.23. The van der Waals surface area contributed by atoms with Crippen molar-refractivity contribution >= 4 is 46.1 Å². The number of halogens is 2. The van der Waals surface area contributed by atoms with Gasteiger partial charge in [-0.2, -0.15) is 0 Å². The second-order valence-electron chi connectivity index (χ2n) is 5.40. The molecule has 0 fully saturated rings. The number of carboxylic acids is 1. The fourth-order valence-electron chi connectivity index (χ4n) is 1.73. The smallest absolute Gasteiger partial charge is 0.305 e. The van der Waals surface area contributed by atoms with Gasteiger partial charge in [0.15, 0.2) is 0 Å².